The van der Waals surface area contributed by atoms with Crippen molar-refractivity contribution in [3.05, 3.63) is 42.7 Å². The fourth-order valence-electron chi connectivity index (χ4n) is 4.78. The lowest BCUT2D eigenvalue weighted by molar-refractivity contribution is 0.182. The van der Waals surface area contributed by atoms with Gasteiger partial charge < -0.3 is 15.4 Å². The number of nitrogens with two attached hydrogens (primary N) is 1. The molecule has 2 aromatic carbocycles. The summed E-state index contributed by atoms with van der Waals surface area (Å²) in [4.78, 5) is 11.4. The van der Waals surface area contributed by atoms with Crippen LogP contribution in [0.5, 0.6) is 5.75 Å². The highest BCUT2D eigenvalue weighted by Gasteiger charge is 2.25. The van der Waals surface area contributed by atoms with E-state index in [4.69, 9.17) is 15.6 Å². The topological polar surface area (TPSA) is 82.1 Å². The number of likely N-dealkylation sites (tertiary alicyclic amines) is 1. The van der Waals surface area contributed by atoms with E-state index in [2.05, 4.69) is 56.8 Å². The van der Waals surface area contributed by atoms with Crippen LogP contribution in [0.25, 0.3) is 33.1 Å². The van der Waals surface area contributed by atoms with Crippen LogP contribution in [0.1, 0.15) is 39.2 Å². The maximum Gasteiger partial charge on any atom is 0.164 e. The summed E-state index contributed by atoms with van der Waals surface area (Å²) in [5, 5.41) is 8.17. The average molecular weight is 467 g/mol. The highest BCUT2D eigenvalue weighted by atomic mass is 35.5. The van der Waals surface area contributed by atoms with Gasteiger partial charge in [-0.25, -0.2) is 14.6 Å². The minimum absolute atomic E-state index is 0. The van der Waals surface area contributed by atoms with E-state index in [1.807, 2.05) is 13.0 Å². The van der Waals surface area contributed by atoms with Crippen molar-refractivity contribution < 1.29 is 4.74 Å². The number of nitrogen functional groups attached to an aromatic ring is 1. The number of hydrogen-bond donors (Lipinski definition) is 1. The van der Waals surface area contributed by atoms with Crippen molar-refractivity contribution in [3.63, 3.8) is 0 Å². The molecule has 33 heavy (non-hydrogen) atoms. The Labute approximate surface area is 200 Å². The molecule has 1 saturated heterocycles. The van der Waals surface area contributed by atoms with Gasteiger partial charge in [-0.15, -0.1) is 12.4 Å². The van der Waals surface area contributed by atoms with E-state index >= 15 is 0 Å². The molecule has 0 spiro atoms. The van der Waals surface area contributed by atoms with Crippen LogP contribution in [0, 0.1) is 0 Å². The molecule has 0 unspecified atom stereocenters. The second kappa shape index (κ2) is 9.93. The molecule has 8 heteroatoms. The summed E-state index contributed by atoms with van der Waals surface area (Å²) in [6.45, 7) is 8.23. The zero-order valence-corrected chi connectivity index (χ0v) is 20.0. The van der Waals surface area contributed by atoms with Crippen LogP contribution in [0.4, 0.5) is 5.82 Å². The van der Waals surface area contributed by atoms with Gasteiger partial charge in [0.05, 0.1) is 18.0 Å². The van der Waals surface area contributed by atoms with E-state index < -0.39 is 0 Å². The van der Waals surface area contributed by atoms with Gasteiger partial charge in [0.25, 0.3) is 0 Å². The Balaban J connectivity index is 0.00000259. The molecule has 1 aliphatic heterocycles. The first-order chi connectivity index (χ1) is 15.7. The molecule has 0 amide bonds. The van der Waals surface area contributed by atoms with E-state index in [-0.39, 0.29) is 12.4 Å². The Kier molecular flexibility index (Phi) is 7.00. The monoisotopic (exact) mass is 466 g/mol. The van der Waals surface area contributed by atoms with Crippen molar-refractivity contribution >= 4 is 40.0 Å². The van der Waals surface area contributed by atoms with Crippen molar-refractivity contribution in [1.82, 2.24) is 24.6 Å². The van der Waals surface area contributed by atoms with Gasteiger partial charge in [-0.05, 0) is 61.7 Å². The second-order valence-corrected chi connectivity index (χ2v) is 8.48. The quantitative estimate of drug-likeness (QED) is 0.426. The highest BCUT2D eigenvalue weighted by Crippen LogP contribution is 2.35. The van der Waals surface area contributed by atoms with Gasteiger partial charge in [-0.2, -0.15) is 5.10 Å². The standard InChI is InChI=1S/C25H30N6O.ClH/c1-3-11-30-12-9-20(10-13-30)31-25-22(24(26)27-16-28-25)23(29-31)19-6-5-18-15-21(32-4-2)8-7-17(18)14-19;/h5-8,14-16,20H,3-4,9-13H2,1-2H3,(H2,26,27,28);1H. The first-order valence-corrected chi connectivity index (χ1v) is 11.6. The van der Waals surface area contributed by atoms with Crippen LogP contribution < -0.4 is 10.5 Å². The van der Waals surface area contributed by atoms with Crippen molar-refractivity contribution in [2.45, 2.75) is 39.2 Å². The summed E-state index contributed by atoms with van der Waals surface area (Å²) >= 11 is 0. The Hall–Kier alpha value is -2.90. The Bertz CT molecular complexity index is 1250. The normalized spacial score (nSPS) is 15.1. The molecular weight excluding hydrogens is 436 g/mol. The van der Waals surface area contributed by atoms with Crippen molar-refractivity contribution in [1.29, 1.82) is 0 Å². The molecule has 2 aromatic heterocycles. The summed E-state index contributed by atoms with van der Waals surface area (Å²) in [6, 6.07) is 12.9. The minimum Gasteiger partial charge on any atom is -0.494 e. The Morgan fingerprint density at radius 2 is 1.79 bits per heavy atom. The number of fused-ring (bicyclic) bond motifs is 2. The van der Waals surface area contributed by atoms with E-state index in [1.165, 1.54) is 6.42 Å². The largest absolute Gasteiger partial charge is 0.494 e. The third kappa shape index (κ3) is 4.48. The number of benzene rings is 2. The lowest BCUT2D eigenvalue weighted by Gasteiger charge is -2.31. The molecule has 5 rings (SSSR count). The van der Waals surface area contributed by atoms with Crippen LogP contribution >= 0.6 is 12.4 Å². The molecule has 2 N–H and O–H groups in total. The van der Waals surface area contributed by atoms with Crippen molar-refractivity contribution in [3.8, 4) is 17.0 Å². The molecule has 1 fully saturated rings. The van der Waals surface area contributed by atoms with Gasteiger partial charge in [0.15, 0.2) is 5.65 Å². The molecule has 4 aromatic rings. The first-order valence-electron chi connectivity index (χ1n) is 11.6. The molecule has 0 saturated carbocycles. The number of nitrogens with zero attached hydrogens (tertiary/aromatic N) is 5. The van der Waals surface area contributed by atoms with Crippen LogP contribution in [0.15, 0.2) is 42.7 Å². The zero-order chi connectivity index (χ0) is 22.1. The lowest BCUT2D eigenvalue weighted by atomic mass is 10.0. The van der Waals surface area contributed by atoms with Crippen LogP contribution in [-0.2, 0) is 0 Å². The number of rotatable bonds is 6. The molecule has 1 aliphatic rings. The van der Waals surface area contributed by atoms with Crippen LogP contribution in [0.3, 0.4) is 0 Å². The molecule has 0 radical (unpaired) electrons. The van der Waals surface area contributed by atoms with E-state index in [1.54, 1.807) is 6.33 Å². The molecule has 0 atom stereocenters. The van der Waals surface area contributed by atoms with Crippen LogP contribution in [-0.4, -0.2) is 50.9 Å². The molecule has 0 bridgehead atoms. The van der Waals surface area contributed by atoms with Gasteiger partial charge >= 0.3 is 0 Å². The second-order valence-electron chi connectivity index (χ2n) is 8.48. The van der Waals surface area contributed by atoms with Gasteiger partial charge in [-0.3, -0.25) is 0 Å². The van der Waals surface area contributed by atoms with Crippen molar-refractivity contribution in [2.75, 3.05) is 32.0 Å². The maximum absolute atomic E-state index is 6.34. The molecule has 174 valence electrons. The minimum atomic E-state index is 0. The van der Waals surface area contributed by atoms with Gasteiger partial charge in [0.1, 0.15) is 23.6 Å². The predicted molar refractivity (Wildman–Crippen MR) is 136 cm³/mol. The van der Waals surface area contributed by atoms with Crippen molar-refractivity contribution in [2.24, 2.45) is 0 Å². The molecule has 0 aliphatic carbocycles. The lowest BCUT2D eigenvalue weighted by Crippen LogP contribution is -2.35. The summed E-state index contributed by atoms with van der Waals surface area (Å²) in [5.74, 6) is 1.36. The number of anilines is 1. The number of halogens is 1. The maximum atomic E-state index is 6.34. The number of hydrogen-bond acceptors (Lipinski definition) is 6. The first kappa shape index (κ1) is 23.3. The Morgan fingerprint density at radius 3 is 2.55 bits per heavy atom. The highest BCUT2D eigenvalue weighted by molar-refractivity contribution is 6.00. The van der Waals surface area contributed by atoms with Gasteiger partial charge in [-0.1, -0.05) is 25.1 Å². The number of piperidine rings is 1. The molecule has 7 nitrogen and oxygen atoms in total. The SMILES string of the molecule is CCCN1CCC(n2nc(-c3ccc4cc(OCC)ccc4c3)c3c(N)ncnc32)CC1.Cl. The van der Waals surface area contributed by atoms with E-state index in [0.29, 0.717) is 18.5 Å². The van der Waals surface area contributed by atoms with E-state index in [9.17, 15) is 0 Å². The smallest absolute Gasteiger partial charge is 0.164 e. The fourth-order valence-corrected chi connectivity index (χ4v) is 4.78. The molecule has 3 heterocycles. The van der Waals surface area contributed by atoms with Gasteiger partial charge in [0.2, 0.25) is 0 Å². The number of ether oxygens (including phenoxy) is 1. The third-order valence-corrected chi connectivity index (χ3v) is 6.36. The van der Waals surface area contributed by atoms with Gasteiger partial charge in [0, 0.05) is 18.7 Å². The number of aromatic nitrogens is 4. The summed E-state index contributed by atoms with van der Waals surface area (Å²) in [7, 11) is 0. The Morgan fingerprint density at radius 1 is 1.03 bits per heavy atom. The van der Waals surface area contributed by atoms with Crippen LogP contribution in [0.2, 0.25) is 0 Å². The predicted octanol–water partition coefficient (Wildman–Crippen LogP) is 5.10. The molecular formula is C25H31ClN6O. The summed E-state index contributed by atoms with van der Waals surface area (Å²) in [6.07, 6.45) is 4.87. The zero-order valence-electron chi connectivity index (χ0n) is 19.2. The summed E-state index contributed by atoms with van der Waals surface area (Å²) in [5.41, 5.74) is 9.04. The fraction of sp³-hybridized carbons (Fsp3) is 0.400. The third-order valence-electron chi connectivity index (χ3n) is 6.36. The summed E-state index contributed by atoms with van der Waals surface area (Å²) < 4.78 is 7.73. The van der Waals surface area contributed by atoms with E-state index in [0.717, 1.165) is 71.3 Å². The average Bonchev–Trinajstić information content (AvgIpc) is 3.21.